The van der Waals surface area contributed by atoms with Crippen LogP contribution in [-0.2, 0) is 6.54 Å². The molecule has 0 amide bonds. The van der Waals surface area contributed by atoms with Gasteiger partial charge in [0.05, 0.1) is 18.3 Å². The predicted octanol–water partition coefficient (Wildman–Crippen LogP) is 2.19. The summed E-state index contributed by atoms with van der Waals surface area (Å²) in [5.74, 6) is -0.240. The van der Waals surface area contributed by atoms with Crippen LogP contribution in [0.4, 0.5) is 4.39 Å². The number of carbonyl (C=O) groups is 1. The van der Waals surface area contributed by atoms with E-state index in [1.54, 1.807) is 16.9 Å². The quantitative estimate of drug-likeness (QED) is 0.740. The van der Waals surface area contributed by atoms with Crippen molar-refractivity contribution in [2.45, 2.75) is 13.5 Å². The summed E-state index contributed by atoms with van der Waals surface area (Å²) in [5, 5.41) is 4.04. The molecule has 1 aromatic carbocycles. The van der Waals surface area contributed by atoms with E-state index in [0.717, 1.165) is 17.4 Å². The fraction of sp³-hybridized carbons (Fsp3) is 0.167. The Hall–Kier alpha value is -1.97. The molecule has 0 fully saturated rings. The van der Waals surface area contributed by atoms with Gasteiger partial charge in [-0.1, -0.05) is 6.07 Å². The minimum atomic E-state index is -0.240. The minimum absolute atomic E-state index is 0.240. The summed E-state index contributed by atoms with van der Waals surface area (Å²) in [6.45, 7) is 2.39. The first-order chi connectivity index (χ1) is 7.69. The van der Waals surface area contributed by atoms with E-state index in [2.05, 4.69) is 5.10 Å². The summed E-state index contributed by atoms with van der Waals surface area (Å²) in [6, 6.07) is 4.64. The largest absolute Gasteiger partial charge is 0.298 e. The third kappa shape index (κ3) is 2.16. The standard InChI is InChI=1S/C12H11FN2O/c1-9-4-12(13)3-2-11(9)7-15-6-10(8-16)5-14-15/h2-6,8H,7H2,1H3. The zero-order chi connectivity index (χ0) is 11.5. The molecule has 1 heterocycles. The molecular formula is C12H11FN2O. The van der Waals surface area contributed by atoms with Gasteiger partial charge in [-0.3, -0.25) is 9.48 Å². The van der Waals surface area contributed by atoms with Crippen molar-refractivity contribution in [1.82, 2.24) is 9.78 Å². The Morgan fingerprint density at radius 3 is 2.94 bits per heavy atom. The third-order valence-corrected chi connectivity index (χ3v) is 2.43. The molecule has 3 nitrogen and oxygen atoms in total. The molecule has 82 valence electrons. The van der Waals surface area contributed by atoms with Gasteiger partial charge in [-0.2, -0.15) is 5.10 Å². The molecule has 2 rings (SSSR count). The van der Waals surface area contributed by atoms with Crippen LogP contribution in [0.2, 0.25) is 0 Å². The summed E-state index contributed by atoms with van der Waals surface area (Å²) in [6.07, 6.45) is 3.92. The van der Waals surface area contributed by atoms with Gasteiger partial charge in [-0.25, -0.2) is 4.39 Å². The zero-order valence-corrected chi connectivity index (χ0v) is 8.85. The summed E-state index contributed by atoms with van der Waals surface area (Å²) in [4.78, 5) is 10.5. The van der Waals surface area contributed by atoms with E-state index in [4.69, 9.17) is 0 Å². The van der Waals surface area contributed by atoms with Gasteiger partial charge in [0.1, 0.15) is 5.82 Å². The Morgan fingerprint density at radius 1 is 1.50 bits per heavy atom. The van der Waals surface area contributed by atoms with E-state index in [-0.39, 0.29) is 5.82 Å². The molecule has 0 atom stereocenters. The number of hydrogen-bond donors (Lipinski definition) is 0. The molecule has 2 aromatic rings. The van der Waals surface area contributed by atoms with Gasteiger partial charge in [-0.15, -0.1) is 0 Å². The maximum atomic E-state index is 12.9. The number of benzene rings is 1. The number of carbonyl (C=O) groups excluding carboxylic acids is 1. The maximum absolute atomic E-state index is 12.9. The fourth-order valence-corrected chi connectivity index (χ4v) is 1.54. The van der Waals surface area contributed by atoms with Crippen LogP contribution < -0.4 is 0 Å². The van der Waals surface area contributed by atoms with Crippen molar-refractivity contribution in [2.24, 2.45) is 0 Å². The van der Waals surface area contributed by atoms with E-state index in [9.17, 15) is 9.18 Å². The highest BCUT2D eigenvalue weighted by Gasteiger charge is 2.02. The smallest absolute Gasteiger partial charge is 0.153 e. The van der Waals surface area contributed by atoms with Gasteiger partial charge in [-0.05, 0) is 30.2 Å². The first-order valence-electron chi connectivity index (χ1n) is 4.91. The van der Waals surface area contributed by atoms with Crippen molar-refractivity contribution in [2.75, 3.05) is 0 Å². The molecule has 0 aliphatic heterocycles. The molecule has 16 heavy (non-hydrogen) atoms. The van der Waals surface area contributed by atoms with Crippen LogP contribution in [-0.4, -0.2) is 16.1 Å². The molecule has 4 heteroatoms. The van der Waals surface area contributed by atoms with Crippen LogP contribution in [0.3, 0.4) is 0 Å². The molecule has 0 aliphatic carbocycles. The first-order valence-corrected chi connectivity index (χ1v) is 4.91. The lowest BCUT2D eigenvalue weighted by molar-refractivity contribution is 0.112. The topological polar surface area (TPSA) is 34.9 Å². The number of rotatable bonds is 3. The van der Waals surface area contributed by atoms with E-state index in [1.807, 2.05) is 6.92 Å². The highest BCUT2D eigenvalue weighted by molar-refractivity contribution is 5.73. The molecule has 0 N–H and O–H groups in total. The Balaban J connectivity index is 2.23. The summed E-state index contributed by atoms with van der Waals surface area (Å²) in [7, 11) is 0. The summed E-state index contributed by atoms with van der Waals surface area (Å²) >= 11 is 0. The lowest BCUT2D eigenvalue weighted by Gasteiger charge is -2.05. The minimum Gasteiger partial charge on any atom is -0.298 e. The van der Waals surface area contributed by atoms with E-state index >= 15 is 0 Å². The van der Waals surface area contributed by atoms with Crippen molar-refractivity contribution < 1.29 is 9.18 Å². The van der Waals surface area contributed by atoms with E-state index in [1.165, 1.54) is 18.3 Å². The number of aldehydes is 1. The van der Waals surface area contributed by atoms with Crippen LogP contribution in [0.25, 0.3) is 0 Å². The molecule has 0 unspecified atom stereocenters. The van der Waals surface area contributed by atoms with Crippen molar-refractivity contribution in [1.29, 1.82) is 0 Å². The van der Waals surface area contributed by atoms with Crippen LogP contribution in [0.15, 0.2) is 30.6 Å². The Morgan fingerprint density at radius 2 is 2.31 bits per heavy atom. The van der Waals surface area contributed by atoms with Crippen LogP contribution >= 0.6 is 0 Å². The molecule has 0 saturated carbocycles. The molecule has 1 aromatic heterocycles. The highest BCUT2D eigenvalue weighted by Crippen LogP contribution is 2.11. The van der Waals surface area contributed by atoms with Gasteiger partial charge >= 0.3 is 0 Å². The summed E-state index contributed by atoms with van der Waals surface area (Å²) in [5.41, 5.74) is 2.41. The van der Waals surface area contributed by atoms with Gasteiger partial charge < -0.3 is 0 Å². The van der Waals surface area contributed by atoms with Gasteiger partial charge in [0.2, 0.25) is 0 Å². The number of halogens is 1. The Bertz CT molecular complexity index is 519. The van der Waals surface area contributed by atoms with Crippen LogP contribution in [0.1, 0.15) is 21.5 Å². The Labute approximate surface area is 92.5 Å². The average molecular weight is 218 g/mol. The van der Waals surface area contributed by atoms with Crippen molar-refractivity contribution in [3.05, 3.63) is 53.1 Å². The maximum Gasteiger partial charge on any atom is 0.153 e. The number of aryl methyl sites for hydroxylation is 1. The average Bonchev–Trinajstić information content (AvgIpc) is 2.70. The lowest BCUT2D eigenvalue weighted by atomic mass is 10.1. The molecule has 0 radical (unpaired) electrons. The van der Waals surface area contributed by atoms with E-state index in [0.29, 0.717) is 12.1 Å². The van der Waals surface area contributed by atoms with Crippen LogP contribution in [0.5, 0.6) is 0 Å². The SMILES string of the molecule is Cc1cc(F)ccc1Cn1cc(C=O)cn1. The molecule has 0 spiro atoms. The van der Waals surface area contributed by atoms with E-state index < -0.39 is 0 Å². The number of aromatic nitrogens is 2. The second-order valence-corrected chi connectivity index (χ2v) is 3.66. The lowest BCUT2D eigenvalue weighted by Crippen LogP contribution is -2.02. The van der Waals surface area contributed by atoms with Crippen molar-refractivity contribution in [3.8, 4) is 0 Å². The molecule has 0 bridgehead atoms. The number of nitrogens with zero attached hydrogens (tertiary/aromatic N) is 2. The normalized spacial score (nSPS) is 10.4. The monoisotopic (exact) mass is 218 g/mol. The first kappa shape index (κ1) is 10.5. The van der Waals surface area contributed by atoms with Gasteiger partial charge in [0.25, 0.3) is 0 Å². The molecule has 0 saturated heterocycles. The van der Waals surface area contributed by atoms with Crippen LogP contribution in [0, 0.1) is 12.7 Å². The fourth-order valence-electron chi connectivity index (χ4n) is 1.54. The summed E-state index contributed by atoms with van der Waals surface area (Å²) < 4.78 is 14.5. The van der Waals surface area contributed by atoms with Gasteiger partial charge in [0, 0.05) is 6.20 Å². The highest BCUT2D eigenvalue weighted by atomic mass is 19.1. The number of hydrogen-bond acceptors (Lipinski definition) is 2. The Kier molecular flexibility index (Phi) is 2.81. The van der Waals surface area contributed by atoms with Gasteiger partial charge in [0.15, 0.2) is 6.29 Å². The zero-order valence-electron chi connectivity index (χ0n) is 8.85. The second-order valence-electron chi connectivity index (χ2n) is 3.66. The van der Waals surface area contributed by atoms with Crippen molar-refractivity contribution >= 4 is 6.29 Å². The third-order valence-electron chi connectivity index (χ3n) is 2.43. The molecular weight excluding hydrogens is 207 g/mol. The predicted molar refractivity (Wildman–Crippen MR) is 57.9 cm³/mol. The second kappa shape index (κ2) is 4.26. The molecule has 0 aliphatic rings. The van der Waals surface area contributed by atoms with Crippen molar-refractivity contribution in [3.63, 3.8) is 0 Å².